The summed E-state index contributed by atoms with van der Waals surface area (Å²) in [7, 11) is 0. The van der Waals surface area contributed by atoms with E-state index < -0.39 is 17.4 Å². The molecule has 0 aromatic heterocycles. The van der Waals surface area contributed by atoms with Crippen molar-refractivity contribution in [3.8, 4) is 11.8 Å². The molecule has 0 N–H and O–H groups in total. The molecule has 2 atom stereocenters. The van der Waals surface area contributed by atoms with Crippen molar-refractivity contribution in [2.24, 2.45) is 17.3 Å². The second-order valence-corrected chi connectivity index (χ2v) is 6.66. The summed E-state index contributed by atoms with van der Waals surface area (Å²) in [5, 5.41) is 0. The third-order valence-electron chi connectivity index (χ3n) is 4.83. The Bertz CT molecular complexity index is 723. The van der Waals surface area contributed by atoms with Crippen molar-refractivity contribution in [3.63, 3.8) is 0 Å². The van der Waals surface area contributed by atoms with Crippen molar-refractivity contribution in [2.45, 2.75) is 40.0 Å². The zero-order chi connectivity index (χ0) is 19.9. The fourth-order valence-corrected chi connectivity index (χ4v) is 3.30. The third-order valence-corrected chi connectivity index (χ3v) is 4.83. The Balaban J connectivity index is 2.23. The highest BCUT2D eigenvalue weighted by Gasteiger charge is 2.55. The topological polar surface area (TPSA) is 69.7 Å². The lowest BCUT2D eigenvalue weighted by Gasteiger charge is -2.27. The van der Waals surface area contributed by atoms with E-state index in [-0.39, 0.29) is 43.7 Å². The summed E-state index contributed by atoms with van der Waals surface area (Å²) in [5.74, 6) is 4.13. The summed E-state index contributed by atoms with van der Waals surface area (Å²) < 4.78 is 10.4. The number of carbonyl (C=O) groups excluding carboxylic acids is 3. The molecule has 1 fully saturated rings. The standard InChI is InChI=1S/C22H26O5/c1-4-7-13-22(20(24)26-5-2,21(25)27-6-3)15-17-14-18(17)19(23)16-11-9-8-10-12-16/h8-12,17-18H,5-6,13-15H2,1-3H3. The molecule has 0 saturated heterocycles. The van der Waals surface area contributed by atoms with Crippen molar-refractivity contribution in [3.05, 3.63) is 35.9 Å². The summed E-state index contributed by atoms with van der Waals surface area (Å²) in [6.07, 6.45) is 0.889. The van der Waals surface area contributed by atoms with Crippen LogP contribution in [0.4, 0.5) is 0 Å². The highest BCUT2D eigenvalue weighted by atomic mass is 16.6. The molecule has 5 heteroatoms. The number of hydrogen-bond acceptors (Lipinski definition) is 5. The Morgan fingerprint density at radius 1 is 1.07 bits per heavy atom. The van der Waals surface area contributed by atoms with Gasteiger partial charge in [0.15, 0.2) is 11.2 Å². The maximum Gasteiger partial charge on any atom is 0.324 e. The van der Waals surface area contributed by atoms with E-state index in [0.29, 0.717) is 12.0 Å². The van der Waals surface area contributed by atoms with Crippen molar-refractivity contribution >= 4 is 17.7 Å². The molecule has 0 radical (unpaired) electrons. The summed E-state index contributed by atoms with van der Waals surface area (Å²) in [6.45, 7) is 5.36. The molecule has 27 heavy (non-hydrogen) atoms. The molecule has 1 aliphatic rings. The maximum atomic E-state index is 12.7. The van der Waals surface area contributed by atoms with Gasteiger partial charge < -0.3 is 9.47 Å². The molecular formula is C22H26O5. The van der Waals surface area contributed by atoms with E-state index in [1.165, 1.54) is 0 Å². The zero-order valence-electron chi connectivity index (χ0n) is 16.1. The summed E-state index contributed by atoms with van der Waals surface area (Å²) in [4.78, 5) is 38.1. The third kappa shape index (κ3) is 4.77. The predicted octanol–water partition coefficient (Wildman–Crippen LogP) is 3.42. The number of esters is 2. The van der Waals surface area contributed by atoms with Gasteiger partial charge in [-0.15, -0.1) is 11.8 Å². The molecule has 2 rings (SSSR count). The minimum absolute atomic E-state index is 0.0317. The molecule has 0 bridgehead atoms. The molecule has 1 aromatic rings. The van der Waals surface area contributed by atoms with Gasteiger partial charge in [0.25, 0.3) is 0 Å². The van der Waals surface area contributed by atoms with Crippen molar-refractivity contribution in [1.82, 2.24) is 0 Å². The Labute approximate surface area is 160 Å². The summed E-state index contributed by atoms with van der Waals surface area (Å²) in [5.41, 5.74) is -0.831. The van der Waals surface area contributed by atoms with Crippen molar-refractivity contribution < 1.29 is 23.9 Å². The van der Waals surface area contributed by atoms with Gasteiger partial charge in [-0.05, 0) is 39.5 Å². The fourth-order valence-electron chi connectivity index (χ4n) is 3.30. The van der Waals surface area contributed by atoms with E-state index in [0.717, 1.165) is 0 Å². The van der Waals surface area contributed by atoms with E-state index >= 15 is 0 Å². The summed E-state index contributed by atoms with van der Waals surface area (Å²) >= 11 is 0. The van der Waals surface area contributed by atoms with Crippen LogP contribution in [0.1, 0.15) is 50.4 Å². The van der Waals surface area contributed by atoms with Crippen LogP contribution in [0.5, 0.6) is 0 Å². The predicted molar refractivity (Wildman–Crippen MR) is 101 cm³/mol. The van der Waals surface area contributed by atoms with Crippen LogP contribution in [0.25, 0.3) is 0 Å². The van der Waals surface area contributed by atoms with E-state index in [9.17, 15) is 14.4 Å². The van der Waals surface area contributed by atoms with Crippen LogP contribution in [0, 0.1) is 29.1 Å². The Morgan fingerprint density at radius 3 is 2.19 bits per heavy atom. The molecule has 5 nitrogen and oxygen atoms in total. The highest BCUT2D eigenvalue weighted by Crippen LogP contribution is 2.49. The molecule has 0 spiro atoms. The second kappa shape index (κ2) is 9.36. The molecule has 0 aliphatic heterocycles. The Hall–Kier alpha value is -2.61. The number of ether oxygens (including phenoxy) is 2. The van der Waals surface area contributed by atoms with Crippen molar-refractivity contribution in [1.29, 1.82) is 0 Å². The van der Waals surface area contributed by atoms with Gasteiger partial charge in [-0.25, -0.2) is 0 Å². The van der Waals surface area contributed by atoms with Gasteiger partial charge >= 0.3 is 11.9 Å². The molecule has 1 saturated carbocycles. The monoisotopic (exact) mass is 370 g/mol. The van der Waals surface area contributed by atoms with E-state index in [4.69, 9.17) is 9.47 Å². The van der Waals surface area contributed by atoms with Crippen LogP contribution in [0.15, 0.2) is 30.3 Å². The number of benzene rings is 1. The molecule has 1 aliphatic carbocycles. The molecule has 144 valence electrons. The number of rotatable bonds is 9. The highest BCUT2D eigenvalue weighted by molar-refractivity contribution is 6.02. The largest absolute Gasteiger partial charge is 0.465 e. The lowest BCUT2D eigenvalue weighted by molar-refractivity contribution is -0.172. The molecule has 2 unspecified atom stereocenters. The van der Waals surface area contributed by atoms with E-state index in [1.54, 1.807) is 32.9 Å². The average molecular weight is 370 g/mol. The van der Waals surface area contributed by atoms with Crippen LogP contribution in [0.2, 0.25) is 0 Å². The smallest absolute Gasteiger partial charge is 0.324 e. The van der Waals surface area contributed by atoms with Crippen LogP contribution in [0.3, 0.4) is 0 Å². The molecule has 0 heterocycles. The number of Topliss-reactive ketones (excluding diaryl/α,β-unsaturated/α-hetero) is 1. The first-order valence-corrected chi connectivity index (χ1v) is 9.33. The average Bonchev–Trinajstić information content (AvgIpc) is 3.44. The molecule has 1 aromatic carbocycles. The lowest BCUT2D eigenvalue weighted by Crippen LogP contribution is -2.42. The van der Waals surface area contributed by atoms with Gasteiger partial charge in [0.05, 0.1) is 13.2 Å². The number of ketones is 1. The van der Waals surface area contributed by atoms with Crippen LogP contribution < -0.4 is 0 Å². The first-order chi connectivity index (χ1) is 13.0. The zero-order valence-corrected chi connectivity index (χ0v) is 16.1. The van der Waals surface area contributed by atoms with E-state index in [2.05, 4.69) is 11.8 Å². The number of hydrogen-bond donors (Lipinski definition) is 0. The van der Waals surface area contributed by atoms with E-state index in [1.807, 2.05) is 18.2 Å². The SMILES string of the molecule is CC#CCC(CC1CC1C(=O)c1ccccc1)(C(=O)OCC)C(=O)OCC. The molecular weight excluding hydrogens is 344 g/mol. The van der Waals surface area contributed by atoms with Crippen LogP contribution in [-0.2, 0) is 19.1 Å². The first-order valence-electron chi connectivity index (χ1n) is 9.33. The van der Waals surface area contributed by atoms with Gasteiger partial charge in [-0.2, -0.15) is 0 Å². The minimum Gasteiger partial charge on any atom is -0.465 e. The van der Waals surface area contributed by atoms with Gasteiger partial charge in [-0.1, -0.05) is 30.3 Å². The Kier molecular flexibility index (Phi) is 7.18. The quantitative estimate of drug-likeness (QED) is 0.288. The van der Waals surface area contributed by atoms with Gasteiger partial charge in [0.2, 0.25) is 0 Å². The van der Waals surface area contributed by atoms with Gasteiger partial charge in [-0.3, -0.25) is 14.4 Å². The lowest BCUT2D eigenvalue weighted by atomic mass is 9.78. The number of carbonyl (C=O) groups is 3. The van der Waals surface area contributed by atoms with Gasteiger partial charge in [0, 0.05) is 17.9 Å². The minimum atomic E-state index is -1.48. The van der Waals surface area contributed by atoms with Crippen molar-refractivity contribution in [2.75, 3.05) is 13.2 Å². The maximum absolute atomic E-state index is 12.7. The summed E-state index contributed by atoms with van der Waals surface area (Å²) in [6, 6.07) is 9.07. The Morgan fingerprint density at radius 2 is 1.67 bits per heavy atom. The first kappa shape index (κ1) is 20.7. The fraction of sp³-hybridized carbons (Fsp3) is 0.500. The molecule has 0 amide bonds. The van der Waals surface area contributed by atoms with Crippen LogP contribution >= 0.6 is 0 Å². The van der Waals surface area contributed by atoms with Crippen LogP contribution in [-0.4, -0.2) is 30.9 Å². The second-order valence-electron chi connectivity index (χ2n) is 6.66. The van der Waals surface area contributed by atoms with Gasteiger partial charge in [0.1, 0.15) is 0 Å². The normalized spacial score (nSPS) is 18.0.